The fourth-order valence-electron chi connectivity index (χ4n) is 3.72. The zero-order valence-electron chi connectivity index (χ0n) is 14.4. The molecule has 2 bridgehead atoms. The van der Waals surface area contributed by atoms with E-state index in [-0.39, 0.29) is 29.1 Å². The van der Waals surface area contributed by atoms with Crippen LogP contribution in [0.25, 0.3) is 0 Å². The number of fused-ring (bicyclic) bond motifs is 3. The number of phenols is 1. The third-order valence-electron chi connectivity index (χ3n) is 5.16. The maximum atomic E-state index is 14.3. The van der Waals surface area contributed by atoms with Crippen LogP contribution >= 0.6 is 15.9 Å². The van der Waals surface area contributed by atoms with Crippen molar-refractivity contribution < 1.29 is 14.3 Å². The third-order valence-corrected chi connectivity index (χ3v) is 5.80. The first kappa shape index (κ1) is 18.3. The topological polar surface area (TPSA) is 64.9 Å². The van der Waals surface area contributed by atoms with Crippen LogP contribution in [0.2, 0.25) is 0 Å². The standard InChI is InChI=1S/C18H23BrFN3O2/c1-10(2)16(15-14(20)4-3-13(19)17(15)24)21-22-18(25)12-9-23-7-5-11(12)6-8-23/h3-4,10-12,24H,5-9H2,1-2H3,(H,22,25)/b21-16+. The van der Waals surface area contributed by atoms with E-state index in [0.29, 0.717) is 16.1 Å². The largest absolute Gasteiger partial charge is 0.506 e. The van der Waals surface area contributed by atoms with Crippen molar-refractivity contribution in [2.75, 3.05) is 19.6 Å². The Hall–Kier alpha value is -1.47. The Bertz CT molecular complexity index is 700. The molecule has 1 aromatic rings. The summed E-state index contributed by atoms with van der Waals surface area (Å²) < 4.78 is 14.7. The van der Waals surface area contributed by atoms with Crippen LogP contribution in [0.1, 0.15) is 32.3 Å². The second-order valence-corrected chi connectivity index (χ2v) is 7.98. The van der Waals surface area contributed by atoms with Gasteiger partial charge in [-0.15, -0.1) is 0 Å². The summed E-state index contributed by atoms with van der Waals surface area (Å²) in [6.07, 6.45) is 2.08. The molecule has 3 fully saturated rings. The third kappa shape index (κ3) is 3.72. The number of rotatable bonds is 4. The van der Waals surface area contributed by atoms with E-state index in [1.54, 1.807) is 0 Å². The summed E-state index contributed by atoms with van der Waals surface area (Å²) >= 11 is 3.20. The Labute approximate surface area is 155 Å². The van der Waals surface area contributed by atoms with Gasteiger partial charge in [-0.3, -0.25) is 4.79 Å². The number of amides is 1. The summed E-state index contributed by atoms with van der Waals surface area (Å²) in [6.45, 7) is 6.58. The Morgan fingerprint density at radius 2 is 2.08 bits per heavy atom. The minimum atomic E-state index is -0.565. The molecule has 7 heteroatoms. The summed E-state index contributed by atoms with van der Waals surface area (Å²) in [6, 6.07) is 2.71. The molecule has 0 radical (unpaired) electrons. The maximum absolute atomic E-state index is 14.3. The lowest BCUT2D eigenvalue weighted by molar-refractivity contribution is -0.131. The van der Waals surface area contributed by atoms with Crippen LogP contribution in [-0.2, 0) is 4.79 Å². The molecular formula is C18H23BrFN3O2. The van der Waals surface area contributed by atoms with Crippen LogP contribution in [0, 0.1) is 23.6 Å². The van der Waals surface area contributed by atoms with Crippen LogP contribution in [-0.4, -0.2) is 41.3 Å². The van der Waals surface area contributed by atoms with Crippen molar-refractivity contribution in [2.24, 2.45) is 22.9 Å². The molecule has 136 valence electrons. The van der Waals surface area contributed by atoms with Gasteiger partial charge < -0.3 is 10.0 Å². The Kier molecular flexibility index (Phi) is 5.43. The molecular weight excluding hydrogens is 389 g/mol. The van der Waals surface area contributed by atoms with Crippen LogP contribution < -0.4 is 5.43 Å². The van der Waals surface area contributed by atoms with E-state index in [1.807, 2.05) is 13.8 Å². The number of carbonyl (C=O) groups excluding carboxylic acids is 1. The van der Waals surface area contributed by atoms with E-state index in [0.717, 1.165) is 32.5 Å². The van der Waals surface area contributed by atoms with Crippen molar-refractivity contribution >= 4 is 27.5 Å². The average molecular weight is 412 g/mol. The molecule has 1 atom stereocenters. The number of halogens is 2. The van der Waals surface area contributed by atoms with Gasteiger partial charge in [-0.05, 0) is 65.8 Å². The lowest BCUT2D eigenvalue weighted by Gasteiger charge is -2.43. The zero-order valence-corrected chi connectivity index (χ0v) is 16.0. The fourth-order valence-corrected chi connectivity index (χ4v) is 4.05. The number of carbonyl (C=O) groups is 1. The van der Waals surface area contributed by atoms with Gasteiger partial charge in [0.05, 0.1) is 21.7 Å². The van der Waals surface area contributed by atoms with Gasteiger partial charge in [0.2, 0.25) is 5.91 Å². The molecule has 4 rings (SSSR count). The number of piperidine rings is 3. The molecule has 0 aliphatic carbocycles. The van der Waals surface area contributed by atoms with Crippen LogP contribution in [0.4, 0.5) is 4.39 Å². The molecule has 3 heterocycles. The quantitative estimate of drug-likeness (QED) is 0.590. The van der Waals surface area contributed by atoms with Gasteiger partial charge in [0, 0.05) is 6.54 Å². The first-order valence-corrected chi connectivity index (χ1v) is 9.45. The van der Waals surface area contributed by atoms with Gasteiger partial charge in [0.25, 0.3) is 0 Å². The monoisotopic (exact) mass is 411 g/mol. The maximum Gasteiger partial charge on any atom is 0.244 e. The highest BCUT2D eigenvalue weighted by molar-refractivity contribution is 9.10. The number of nitrogens with zero attached hydrogens (tertiary/aromatic N) is 2. The molecule has 5 nitrogen and oxygen atoms in total. The highest BCUT2D eigenvalue weighted by atomic mass is 79.9. The summed E-state index contributed by atoms with van der Waals surface area (Å²) in [7, 11) is 0. The highest BCUT2D eigenvalue weighted by Crippen LogP contribution is 2.33. The molecule has 3 saturated heterocycles. The lowest BCUT2D eigenvalue weighted by atomic mass is 9.79. The minimum Gasteiger partial charge on any atom is -0.506 e. The number of hydrazone groups is 1. The van der Waals surface area contributed by atoms with E-state index in [1.165, 1.54) is 12.1 Å². The molecule has 0 spiro atoms. The number of hydrogen-bond acceptors (Lipinski definition) is 4. The Balaban J connectivity index is 1.82. The van der Waals surface area contributed by atoms with Crippen molar-refractivity contribution in [1.82, 2.24) is 10.3 Å². The minimum absolute atomic E-state index is 0.0265. The number of hydrogen-bond donors (Lipinski definition) is 2. The van der Waals surface area contributed by atoms with Gasteiger partial charge in [-0.1, -0.05) is 13.8 Å². The van der Waals surface area contributed by atoms with Gasteiger partial charge in [0.1, 0.15) is 11.6 Å². The van der Waals surface area contributed by atoms with Crippen LogP contribution in [0.3, 0.4) is 0 Å². The van der Waals surface area contributed by atoms with E-state index in [4.69, 9.17) is 0 Å². The smallest absolute Gasteiger partial charge is 0.244 e. The predicted octanol–water partition coefficient (Wildman–Crippen LogP) is 3.11. The van der Waals surface area contributed by atoms with Gasteiger partial charge in [-0.2, -0.15) is 5.10 Å². The number of nitrogens with one attached hydrogen (secondary N) is 1. The van der Waals surface area contributed by atoms with Gasteiger partial charge in [-0.25, -0.2) is 9.82 Å². The molecule has 1 unspecified atom stereocenters. The molecule has 1 amide bonds. The fraction of sp³-hybridized carbons (Fsp3) is 0.556. The summed E-state index contributed by atoms with van der Waals surface area (Å²) in [4.78, 5) is 14.9. The first-order valence-electron chi connectivity index (χ1n) is 8.65. The van der Waals surface area contributed by atoms with Gasteiger partial charge in [0.15, 0.2) is 0 Å². The Morgan fingerprint density at radius 1 is 1.40 bits per heavy atom. The number of aromatic hydroxyl groups is 1. The molecule has 3 aliphatic rings. The summed E-state index contributed by atoms with van der Waals surface area (Å²) in [5.74, 6) is -0.724. The van der Waals surface area contributed by atoms with Crippen molar-refractivity contribution in [2.45, 2.75) is 26.7 Å². The molecule has 25 heavy (non-hydrogen) atoms. The first-order chi connectivity index (χ1) is 11.9. The van der Waals surface area contributed by atoms with Crippen LogP contribution in [0.15, 0.2) is 21.7 Å². The van der Waals surface area contributed by atoms with E-state index in [2.05, 4.69) is 31.4 Å². The molecule has 0 aromatic heterocycles. The Morgan fingerprint density at radius 3 is 2.64 bits per heavy atom. The SMILES string of the molecule is CC(C)/C(=N\NC(=O)C1CN2CCC1CC2)c1c(F)ccc(Br)c1O. The van der Waals surface area contributed by atoms with Crippen molar-refractivity contribution in [3.8, 4) is 5.75 Å². The van der Waals surface area contributed by atoms with Crippen molar-refractivity contribution in [3.05, 3.63) is 28.0 Å². The normalized spacial score (nSPS) is 26.1. The van der Waals surface area contributed by atoms with Crippen LogP contribution in [0.5, 0.6) is 5.75 Å². The zero-order chi connectivity index (χ0) is 18.1. The average Bonchev–Trinajstić information content (AvgIpc) is 2.61. The molecule has 2 N–H and O–H groups in total. The van der Waals surface area contributed by atoms with Crippen molar-refractivity contribution in [1.29, 1.82) is 0 Å². The lowest BCUT2D eigenvalue weighted by Crippen LogP contribution is -2.52. The molecule has 3 aliphatic heterocycles. The summed E-state index contributed by atoms with van der Waals surface area (Å²) in [5.41, 5.74) is 2.97. The van der Waals surface area contributed by atoms with Gasteiger partial charge >= 0.3 is 0 Å². The summed E-state index contributed by atoms with van der Waals surface area (Å²) in [5, 5.41) is 14.4. The molecule has 1 aromatic carbocycles. The van der Waals surface area contributed by atoms with Crippen molar-refractivity contribution in [3.63, 3.8) is 0 Å². The van der Waals surface area contributed by atoms with E-state index in [9.17, 15) is 14.3 Å². The number of benzene rings is 1. The predicted molar refractivity (Wildman–Crippen MR) is 97.9 cm³/mol. The second-order valence-electron chi connectivity index (χ2n) is 7.13. The molecule has 0 saturated carbocycles. The van der Waals surface area contributed by atoms with E-state index >= 15 is 0 Å². The number of phenolic OH excluding ortho intramolecular Hbond substituents is 1. The van der Waals surface area contributed by atoms with E-state index < -0.39 is 5.82 Å². The highest BCUT2D eigenvalue weighted by Gasteiger charge is 2.38. The second kappa shape index (κ2) is 7.41.